The van der Waals surface area contributed by atoms with Gasteiger partial charge in [-0.1, -0.05) is 32.9 Å². The molecule has 1 saturated heterocycles. The minimum absolute atomic E-state index is 0.101. The highest BCUT2D eigenvalue weighted by atomic mass is 16.3. The van der Waals surface area contributed by atoms with Crippen molar-refractivity contribution in [3.05, 3.63) is 29.8 Å². The van der Waals surface area contributed by atoms with Crippen LogP contribution in [0, 0.1) is 0 Å². The summed E-state index contributed by atoms with van der Waals surface area (Å²) in [5.41, 5.74) is 2.24. The van der Waals surface area contributed by atoms with Crippen LogP contribution in [0.25, 0.3) is 0 Å². The number of piperidine rings is 1. The fourth-order valence-corrected chi connectivity index (χ4v) is 2.22. The number of benzene rings is 1. The zero-order valence-electron chi connectivity index (χ0n) is 11.3. The first-order chi connectivity index (χ1) is 8.38. The lowest BCUT2D eigenvalue weighted by Crippen LogP contribution is -2.42. The normalized spacial score (nSPS) is 21.2. The van der Waals surface area contributed by atoms with Crippen LogP contribution in [0.4, 0.5) is 5.69 Å². The van der Waals surface area contributed by atoms with E-state index >= 15 is 0 Å². The number of aliphatic hydroxyl groups is 1. The molecule has 1 aromatic rings. The second-order valence-corrected chi connectivity index (χ2v) is 5.99. The fraction of sp³-hybridized carbons (Fsp3) is 0.533. The fourth-order valence-electron chi connectivity index (χ4n) is 2.22. The number of nitrogens with zero attached hydrogens (tertiary/aromatic N) is 1. The number of aliphatic hydroxyl groups excluding tert-OH is 1. The van der Waals surface area contributed by atoms with Crippen LogP contribution >= 0.6 is 0 Å². The van der Waals surface area contributed by atoms with Crippen LogP contribution in [-0.4, -0.2) is 23.7 Å². The summed E-state index contributed by atoms with van der Waals surface area (Å²) in [5, 5.41) is 9.65. The van der Waals surface area contributed by atoms with Crippen LogP contribution in [0.1, 0.15) is 39.2 Å². The first kappa shape index (κ1) is 13.1. The van der Waals surface area contributed by atoms with Crippen LogP contribution < -0.4 is 4.90 Å². The molecule has 1 amide bonds. The Bertz CT molecular complexity index is 431. The van der Waals surface area contributed by atoms with Gasteiger partial charge < -0.3 is 10.0 Å². The Morgan fingerprint density at radius 3 is 2.39 bits per heavy atom. The molecule has 1 aliphatic rings. The number of β-amino-alcohol motifs (C(OH)–C–C–N with tert-alkyl or cyclic N) is 1. The Hall–Kier alpha value is -1.35. The van der Waals surface area contributed by atoms with Gasteiger partial charge in [0.1, 0.15) is 0 Å². The molecule has 0 bridgehead atoms. The van der Waals surface area contributed by atoms with Gasteiger partial charge in [-0.25, -0.2) is 0 Å². The summed E-state index contributed by atoms with van der Waals surface area (Å²) in [6.07, 6.45) is 0.613. The minimum Gasteiger partial charge on any atom is -0.391 e. The third-order valence-electron chi connectivity index (χ3n) is 3.43. The van der Waals surface area contributed by atoms with Crippen molar-refractivity contribution in [1.82, 2.24) is 0 Å². The molecule has 1 aromatic carbocycles. The van der Waals surface area contributed by atoms with Gasteiger partial charge in [0.25, 0.3) is 0 Å². The van der Waals surface area contributed by atoms with Crippen molar-refractivity contribution < 1.29 is 9.90 Å². The largest absolute Gasteiger partial charge is 0.391 e. The molecular weight excluding hydrogens is 226 g/mol. The second kappa shape index (κ2) is 4.73. The lowest BCUT2D eigenvalue weighted by molar-refractivity contribution is -0.121. The number of hydrogen-bond donors (Lipinski definition) is 1. The van der Waals surface area contributed by atoms with Crippen molar-refractivity contribution in [3.8, 4) is 0 Å². The Kier molecular flexibility index (Phi) is 3.44. The summed E-state index contributed by atoms with van der Waals surface area (Å²) in [6, 6.07) is 8.06. The van der Waals surface area contributed by atoms with E-state index in [2.05, 4.69) is 32.9 Å². The van der Waals surface area contributed by atoms with Gasteiger partial charge >= 0.3 is 0 Å². The summed E-state index contributed by atoms with van der Waals surface area (Å²) in [4.78, 5) is 13.5. The van der Waals surface area contributed by atoms with E-state index in [-0.39, 0.29) is 11.3 Å². The molecule has 0 spiro atoms. The first-order valence-corrected chi connectivity index (χ1v) is 6.47. The van der Waals surface area contributed by atoms with Gasteiger partial charge in [0, 0.05) is 12.1 Å². The minimum atomic E-state index is -0.398. The lowest BCUT2D eigenvalue weighted by Gasteiger charge is -2.30. The predicted octanol–water partition coefficient (Wildman–Crippen LogP) is 2.47. The Labute approximate surface area is 108 Å². The van der Waals surface area contributed by atoms with Crippen molar-refractivity contribution in [1.29, 1.82) is 0 Å². The molecule has 1 unspecified atom stereocenters. The van der Waals surface area contributed by atoms with Crippen molar-refractivity contribution in [3.63, 3.8) is 0 Å². The highest BCUT2D eigenvalue weighted by Gasteiger charge is 2.25. The second-order valence-electron chi connectivity index (χ2n) is 5.99. The molecule has 0 aliphatic carbocycles. The maximum atomic E-state index is 11.8. The van der Waals surface area contributed by atoms with E-state index < -0.39 is 6.10 Å². The average molecular weight is 247 g/mol. The standard InChI is InChI=1S/C15H21NO2/c1-15(2,3)11-4-6-12(7-5-11)16-10-13(17)8-9-14(16)18/h4-7,13,17H,8-10H2,1-3H3. The maximum absolute atomic E-state index is 11.8. The molecule has 98 valence electrons. The van der Waals surface area contributed by atoms with Crippen LogP contribution in [0.2, 0.25) is 0 Å². The van der Waals surface area contributed by atoms with Crippen molar-refractivity contribution >= 4 is 11.6 Å². The van der Waals surface area contributed by atoms with E-state index in [4.69, 9.17) is 0 Å². The summed E-state index contributed by atoms with van der Waals surface area (Å²) in [6.45, 7) is 6.90. The molecule has 3 nitrogen and oxygen atoms in total. The summed E-state index contributed by atoms with van der Waals surface area (Å²) < 4.78 is 0. The molecule has 1 aliphatic heterocycles. The maximum Gasteiger partial charge on any atom is 0.227 e. The summed E-state index contributed by atoms with van der Waals surface area (Å²) in [7, 11) is 0. The van der Waals surface area contributed by atoms with E-state index in [1.165, 1.54) is 5.56 Å². The zero-order valence-corrected chi connectivity index (χ0v) is 11.3. The topological polar surface area (TPSA) is 40.5 Å². The molecule has 1 atom stereocenters. The molecule has 2 rings (SSSR count). The Balaban J connectivity index is 2.21. The van der Waals surface area contributed by atoms with Gasteiger partial charge in [-0.3, -0.25) is 4.79 Å². The van der Waals surface area contributed by atoms with Gasteiger partial charge in [-0.05, 0) is 29.5 Å². The Morgan fingerprint density at radius 1 is 1.22 bits per heavy atom. The number of amides is 1. The zero-order chi connectivity index (χ0) is 13.3. The van der Waals surface area contributed by atoms with Crippen molar-refractivity contribution in [2.75, 3.05) is 11.4 Å². The summed E-state index contributed by atoms with van der Waals surface area (Å²) in [5.74, 6) is 0.101. The van der Waals surface area contributed by atoms with E-state index in [1.54, 1.807) is 4.90 Å². The van der Waals surface area contributed by atoms with Crippen molar-refractivity contribution in [2.24, 2.45) is 0 Å². The predicted molar refractivity (Wildman–Crippen MR) is 72.7 cm³/mol. The van der Waals surface area contributed by atoms with Crippen LogP contribution in [0.15, 0.2) is 24.3 Å². The highest BCUT2D eigenvalue weighted by Crippen LogP contribution is 2.26. The number of carbonyl (C=O) groups excluding carboxylic acids is 1. The number of hydrogen-bond acceptors (Lipinski definition) is 2. The average Bonchev–Trinajstić information content (AvgIpc) is 2.31. The molecule has 1 N–H and O–H groups in total. The summed E-state index contributed by atoms with van der Waals surface area (Å²) >= 11 is 0. The van der Waals surface area contributed by atoms with E-state index in [0.717, 1.165) is 5.69 Å². The molecule has 18 heavy (non-hydrogen) atoms. The number of rotatable bonds is 1. The quantitative estimate of drug-likeness (QED) is 0.828. The van der Waals surface area contributed by atoms with E-state index in [0.29, 0.717) is 19.4 Å². The molecular formula is C15H21NO2. The van der Waals surface area contributed by atoms with Crippen LogP contribution in [0.5, 0.6) is 0 Å². The van der Waals surface area contributed by atoms with Crippen LogP contribution in [0.3, 0.4) is 0 Å². The Morgan fingerprint density at radius 2 is 1.83 bits per heavy atom. The molecule has 0 saturated carbocycles. The number of carbonyl (C=O) groups is 1. The molecule has 3 heteroatoms. The van der Waals surface area contributed by atoms with Gasteiger partial charge in [-0.15, -0.1) is 0 Å². The first-order valence-electron chi connectivity index (χ1n) is 6.47. The monoisotopic (exact) mass is 247 g/mol. The van der Waals surface area contributed by atoms with Crippen molar-refractivity contribution in [2.45, 2.75) is 45.1 Å². The van der Waals surface area contributed by atoms with Gasteiger partial charge in [-0.2, -0.15) is 0 Å². The third kappa shape index (κ3) is 2.72. The molecule has 1 fully saturated rings. The lowest BCUT2D eigenvalue weighted by atomic mass is 9.87. The molecule has 0 aromatic heterocycles. The number of anilines is 1. The van der Waals surface area contributed by atoms with Gasteiger partial charge in [0.05, 0.1) is 12.6 Å². The van der Waals surface area contributed by atoms with E-state index in [9.17, 15) is 9.90 Å². The third-order valence-corrected chi connectivity index (χ3v) is 3.43. The molecule has 1 heterocycles. The van der Waals surface area contributed by atoms with Gasteiger partial charge in [0.15, 0.2) is 0 Å². The smallest absolute Gasteiger partial charge is 0.227 e. The van der Waals surface area contributed by atoms with E-state index in [1.807, 2.05) is 12.1 Å². The van der Waals surface area contributed by atoms with Crippen LogP contribution in [-0.2, 0) is 10.2 Å². The molecule has 0 radical (unpaired) electrons. The SMILES string of the molecule is CC(C)(C)c1ccc(N2CC(O)CCC2=O)cc1. The highest BCUT2D eigenvalue weighted by molar-refractivity contribution is 5.94. The van der Waals surface area contributed by atoms with Gasteiger partial charge in [0.2, 0.25) is 5.91 Å².